The molecule has 1 saturated heterocycles. The highest BCUT2D eigenvalue weighted by atomic mass is 19.1. The van der Waals surface area contributed by atoms with E-state index in [4.69, 9.17) is 4.74 Å². The Bertz CT molecular complexity index is 344. The highest BCUT2D eigenvalue weighted by Crippen LogP contribution is 2.15. The van der Waals surface area contributed by atoms with Crippen LogP contribution in [0.5, 0.6) is 5.75 Å². The lowest BCUT2D eigenvalue weighted by atomic mass is 10.0. The summed E-state index contributed by atoms with van der Waals surface area (Å²) in [5, 5.41) is 12.5. The Kier molecular flexibility index (Phi) is 4.34. The Balaban J connectivity index is 1.77. The minimum Gasteiger partial charge on any atom is -0.508 e. The van der Waals surface area contributed by atoms with E-state index in [1.807, 2.05) is 0 Å². The Labute approximate surface area is 101 Å². The van der Waals surface area contributed by atoms with E-state index in [0.29, 0.717) is 12.5 Å². The molecule has 1 aliphatic rings. The largest absolute Gasteiger partial charge is 0.508 e. The molecule has 0 bridgehead atoms. The number of nitrogens with one attached hydrogen (secondary N) is 1. The van der Waals surface area contributed by atoms with Gasteiger partial charge < -0.3 is 15.2 Å². The monoisotopic (exact) mass is 239 g/mol. The van der Waals surface area contributed by atoms with E-state index < -0.39 is 5.82 Å². The van der Waals surface area contributed by atoms with Gasteiger partial charge in [-0.3, -0.25) is 0 Å². The normalized spacial score (nSPS) is 20.4. The molecule has 17 heavy (non-hydrogen) atoms. The zero-order valence-electron chi connectivity index (χ0n) is 9.79. The summed E-state index contributed by atoms with van der Waals surface area (Å²) in [6.07, 6.45) is 2.30. The molecular formula is C13H18FNO2. The molecule has 1 aromatic rings. The van der Waals surface area contributed by atoms with Crippen molar-refractivity contribution in [2.24, 2.45) is 5.92 Å². The van der Waals surface area contributed by atoms with Gasteiger partial charge in [0.1, 0.15) is 11.6 Å². The number of halogens is 1. The number of hydrogen-bond donors (Lipinski definition) is 2. The molecule has 0 saturated carbocycles. The predicted molar refractivity (Wildman–Crippen MR) is 63.3 cm³/mol. The first kappa shape index (κ1) is 12.3. The molecule has 0 amide bonds. The summed E-state index contributed by atoms with van der Waals surface area (Å²) in [5.41, 5.74) is 0.763. The maximum absolute atomic E-state index is 13.0. The number of aromatic hydroxyl groups is 1. The summed E-state index contributed by atoms with van der Waals surface area (Å²) in [6.45, 7) is 3.12. The Morgan fingerprint density at radius 1 is 1.41 bits per heavy atom. The summed E-state index contributed by atoms with van der Waals surface area (Å²) in [6, 6.07) is 4.12. The van der Waals surface area contributed by atoms with Crippen molar-refractivity contribution in [2.45, 2.75) is 19.4 Å². The molecule has 4 heteroatoms. The molecular weight excluding hydrogens is 221 g/mol. The number of rotatable bonds is 4. The van der Waals surface area contributed by atoms with Crippen LogP contribution in [0.4, 0.5) is 4.39 Å². The summed E-state index contributed by atoms with van der Waals surface area (Å²) >= 11 is 0. The first-order valence-electron chi connectivity index (χ1n) is 6.01. The van der Waals surface area contributed by atoms with Gasteiger partial charge >= 0.3 is 0 Å². The van der Waals surface area contributed by atoms with Crippen molar-refractivity contribution >= 4 is 0 Å². The fraction of sp³-hybridized carbons (Fsp3) is 0.538. The molecule has 0 aliphatic carbocycles. The standard InChI is InChI=1S/C13H18FNO2/c14-12-4-11(5-13(16)6-12)8-15-7-10-2-1-3-17-9-10/h4-6,10,15-16H,1-3,7-9H2. The van der Waals surface area contributed by atoms with Crippen LogP contribution in [0.25, 0.3) is 0 Å². The van der Waals surface area contributed by atoms with Crippen molar-refractivity contribution in [3.05, 3.63) is 29.6 Å². The molecule has 2 rings (SSSR count). The number of benzene rings is 1. The lowest BCUT2D eigenvalue weighted by Gasteiger charge is -2.22. The molecule has 0 spiro atoms. The second-order valence-corrected chi connectivity index (χ2v) is 4.53. The minimum atomic E-state index is -0.400. The summed E-state index contributed by atoms with van der Waals surface area (Å²) in [4.78, 5) is 0. The van der Waals surface area contributed by atoms with Gasteiger partial charge in [0.05, 0.1) is 6.61 Å². The van der Waals surface area contributed by atoms with Gasteiger partial charge in [0.2, 0.25) is 0 Å². The Morgan fingerprint density at radius 3 is 3.00 bits per heavy atom. The highest BCUT2D eigenvalue weighted by molar-refractivity contribution is 5.28. The van der Waals surface area contributed by atoms with E-state index in [9.17, 15) is 9.50 Å². The van der Waals surface area contributed by atoms with Gasteiger partial charge in [-0.1, -0.05) is 0 Å². The first-order valence-corrected chi connectivity index (χ1v) is 6.01. The van der Waals surface area contributed by atoms with Gasteiger partial charge in [0.25, 0.3) is 0 Å². The number of phenols is 1. The molecule has 0 radical (unpaired) electrons. The van der Waals surface area contributed by atoms with Gasteiger partial charge in [0.15, 0.2) is 0 Å². The van der Waals surface area contributed by atoms with Crippen molar-refractivity contribution in [3.63, 3.8) is 0 Å². The van der Waals surface area contributed by atoms with E-state index >= 15 is 0 Å². The van der Waals surface area contributed by atoms with Crippen molar-refractivity contribution in [1.82, 2.24) is 5.32 Å². The fourth-order valence-electron chi connectivity index (χ4n) is 2.12. The lowest BCUT2D eigenvalue weighted by molar-refractivity contribution is 0.0547. The second-order valence-electron chi connectivity index (χ2n) is 4.53. The molecule has 1 aromatic carbocycles. The quantitative estimate of drug-likeness (QED) is 0.845. The van der Waals surface area contributed by atoms with Gasteiger partial charge in [-0.15, -0.1) is 0 Å². The highest BCUT2D eigenvalue weighted by Gasteiger charge is 2.13. The zero-order chi connectivity index (χ0) is 12.1. The van der Waals surface area contributed by atoms with E-state index in [1.165, 1.54) is 12.5 Å². The van der Waals surface area contributed by atoms with Crippen LogP contribution in [0, 0.1) is 11.7 Å². The van der Waals surface area contributed by atoms with Crippen LogP contribution in [0.2, 0.25) is 0 Å². The SMILES string of the molecule is Oc1cc(F)cc(CNCC2CCCOC2)c1. The predicted octanol–water partition coefficient (Wildman–Crippen LogP) is 2.05. The van der Waals surface area contributed by atoms with Crippen LogP contribution in [0.15, 0.2) is 18.2 Å². The van der Waals surface area contributed by atoms with Crippen LogP contribution < -0.4 is 5.32 Å². The third-order valence-corrected chi connectivity index (χ3v) is 2.96. The molecule has 3 nitrogen and oxygen atoms in total. The van der Waals surface area contributed by atoms with Crippen LogP contribution in [0.3, 0.4) is 0 Å². The van der Waals surface area contributed by atoms with Gasteiger partial charge in [0, 0.05) is 25.8 Å². The summed E-state index contributed by atoms with van der Waals surface area (Å²) < 4.78 is 18.4. The maximum Gasteiger partial charge on any atom is 0.127 e. The van der Waals surface area contributed by atoms with E-state index in [2.05, 4.69) is 5.32 Å². The third-order valence-electron chi connectivity index (χ3n) is 2.96. The molecule has 1 atom stereocenters. The maximum atomic E-state index is 13.0. The topological polar surface area (TPSA) is 41.5 Å². The van der Waals surface area contributed by atoms with Crippen molar-refractivity contribution in [2.75, 3.05) is 19.8 Å². The zero-order valence-corrected chi connectivity index (χ0v) is 9.79. The first-order chi connectivity index (χ1) is 8.24. The van der Waals surface area contributed by atoms with E-state index in [1.54, 1.807) is 6.07 Å². The summed E-state index contributed by atoms with van der Waals surface area (Å²) in [7, 11) is 0. The van der Waals surface area contributed by atoms with Crippen molar-refractivity contribution in [3.8, 4) is 5.75 Å². The van der Waals surface area contributed by atoms with Crippen LogP contribution in [0.1, 0.15) is 18.4 Å². The van der Waals surface area contributed by atoms with Crippen LogP contribution in [-0.2, 0) is 11.3 Å². The van der Waals surface area contributed by atoms with Crippen molar-refractivity contribution < 1.29 is 14.2 Å². The molecule has 1 fully saturated rings. The number of hydrogen-bond acceptors (Lipinski definition) is 3. The lowest BCUT2D eigenvalue weighted by Crippen LogP contribution is -2.28. The van der Waals surface area contributed by atoms with Crippen molar-refractivity contribution in [1.29, 1.82) is 0 Å². The Hall–Kier alpha value is -1.13. The molecule has 0 aromatic heterocycles. The minimum absolute atomic E-state index is 0.0252. The molecule has 1 heterocycles. The Morgan fingerprint density at radius 2 is 2.29 bits per heavy atom. The fourth-order valence-corrected chi connectivity index (χ4v) is 2.12. The van der Waals surface area contributed by atoms with Crippen LogP contribution >= 0.6 is 0 Å². The molecule has 1 aliphatic heterocycles. The van der Waals surface area contributed by atoms with Gasteiger partial charge in [-0.2, -0.15) is 0 Å². The second kappa shape index (κ2) is 5.98. The number of ether oxygens (including phenoxy) is 1. The average Bonchev–Trinajstić information content (AvgIpc) is 2.29. The van der Waals surface area contributed by atoms with Crippen LogP contribution in [-0.4, -0.2) is 24.9 Å². The molecule has 2 N–H and O–H groups in total. The molecule has 94 valence electrons. The van der Waals surface area contributed by atoms with Gasteiger partial charge in [-0.05, 0) is 36.5 Å². The smallest absolute Gasteiger partial charge is 0.127 e. The third kappa shape index (κ3) is 3.98. The van der Waals surface area contributed by atoms with E-state index in [0.717, 1.165) is 37.8 Å². The molecule has 1 unspecified atom stereocenters. The van der Waals surface area contributed by atoms with E-state index in [-0.39, 0.29) is 5.75 Å². The number of phenolic OH excluding ortho intramolecular Hbond substituents is 1. The summed E-state index contributed by atoms with van der Waals surface area (Å²) in [5.74, 6) is 0.122. The average molecular weight is 239 g/mol. The van der Waals surface area contributed by atoms with Gasteiger partial charge in [-0.25, -0.2) is 4.39 Å².